The van der Waals surface area contributed by atoms with Crippen molar-refractivity contribution in [2.24, 2.45) is 0 Å². The quantitative estimate of drug-likeness (QED) is 0.783. The lowest BCUT2D eigenvalue weighted by Crippen LogP contribution is -2.42. The molecular formula is C12H15BrFNO. The maximum absolute atomic E-state index is 13.8. The van der Waals surface area contributed by atoms with Crippen LogP contribution in [0.4, 0.5) is 10.1 Å². The van der Waals surface area contributed by atoms with E-state index in [-0.39, 0.29) is 11.9 Å². The summed E-state index contributed by atoms with van der Waals surface area (Å²) in [6.07, 6.45) is 0.0191. The average Bonchev–Trinajstić information content (AvgIpc) is 2.18. The molecule has 1 aromatic rings. The first-order chi connectivity index (χ1) is 7.49. The minimum Gasteiger partial charge on any atom is -0.484 e. The van der Waals surface area contributed by atoms with E-state index in [1.165, 1.54) is 6.07 Å². The number of hydrogen-bond acceptors (Lipinski definition) is 2. The molecule has 0 aromatic heterocycles. The Kier molecular flexibility index (Phi) is 3.10. The normalized spacial score (nSPS) is 19.6. The van der Waals surface area contributed by atoms with E-state index in [4.69, 9.17) is 4.74 Å². The summed E-state index contributed by atoms with van der Waals surface area (Å²) in [5, 5.41) is 0. The van der Waals surface area contributed by atoms with Gasteiger partial charge in [-0.2, -0.15) is 0 Å². The maximum Gasteiger partial charge on any atom is 0.178 e. The molecule has 1 aromatic carbocycles. The Morgan fingerprint density at radius 1 is 1.50 bits per heavy atom. The molecule has 1 aliphatic heterocycles. The van der Waals surface area contributed by atoms with Crippen molar-refractivity contribution < 1.29 is 9.13 Å². The topological polar surface area (TPSA) is 12.5 Å². The Balaban J connectivity index is 2.52. The van der Waals surface area contributed by atoms with Crippen LogP contribution >= 0.6 is 15.9 Å². The van der Waals surface area contributed by atoms with Crippen molar-refractivity contribution in [2.75, 3.05) is 11.4 Å². The van der Waals surface area contributed by atoms with Crippen LogP contribution in [-0.4, -0.2) is 18.7 Å². The molecule has 0 spiro atoms. The minimum absolute atomic E-state index is 0.0191. The van der Waals surface area contributed by atoms with Gasteiger partial charge in [-0.15, -0.1) is 0 Å². The Morgan fingerprint density at radius 2 is 2.19 bits per heavy atom. The molecule has 0 aliphatic carbocycles. The fraction of sp³-hybridized carbons (Fsp3) is 0.500. The van der Waals surface area contributed by atoms with Crippen molar-refractivity contribution in [1.82, 2.24) is 0 Å². The zero-order valence-electron chi connectivity index (χ0n) is 9.63. The van der Waals surface area contributed by atoms with E-state index < -0.39 is 0 Å². The van der Waals surface area contributed by atoms with Gasteiger partial charge < -0.3 is 9.64 Å². The number of hydrogen-bond donors (Lipinski definition) is 0. The van der Waals surface area contributed by atoms with Crippen LogP contribution in [0.3, 0.4) is 0 Å². The van der Waals surface area contributed by atoms with Crippen molar-refractivity contribution in [2.45, 2.75) is 32.9 Å². The molecule has 0 fully saturated rings. The number of benzene rings is 1. The van der Waals surface area contributed by atoms with E-state index in [2.05, 4.69) is 34.7 Å². The molecule has 2 nitrogen and oxygen atoms in total. The molecule has 88 valence electrons. The number of ether oxygens (including phenoxy) is 1. The number of fused-ring (bicyclic) bond motifs is 1. The number of halogens is 2. The molecule has 0 saturated heterocycles. The first-order valence-corrected chi connectivity index (χ1v) is 6.20. The second-order valence-electron chi connectivity index (χ2n) is 4.41. The minimum atomic E-state index is -0.304. The number of anilines is 1. The fourth-order valence-corrected chi connectivity index (χ4v) is 2.40. The summed E-state index contributed by atoms with van der Waals surface area (Å²) in [4.78, 5) is 2.16. The molecular weight excluding hydrogens is 273 g/mol. The van der Waals surface area contributed by atoms with Gasteiger partial charge >= 0.3 is 0 Å². The van der Waals surface area contributed by atoms with Crippen LogP contribution in [-0.2, 0) is 0 Å². The van der Waals surface area contributed by atoms with Crippen molar-refractivity contribution in [3.63, 3.8) is 0 Å². The predicted molar refractivity (Wildman–Crippen MR) is 66.7 cm³/mol. The lowest BCUT2D eigenvalue weighted by atomic mass is 10.1. The summed E-state index contributed by atoms with van der Waals surface area (Å²) in [6.45, 7) is 6.95. The molecule has 0 saturated carbocycles. The first kappa shape index (κ1) is 11.7. The molecule has 16 heavy (non-hydrogen) atoms. The highest BCUT2D eigenvalue weighted by Crippen LogP contribution is 2.39. The van der Waals surface area contributed by atoms with E-state index in [0.717, 1.165) is 16.7 Å². The van der Waals surface area contributed by atoms with Crippen LogP contribution < -0.4 is 9.64 Å². The highest BCUT2D eigenvalue weighted by Gasteiger charge is 2.27. The number of nitrogens with zero attached hydrogens (tertiary/aromatic N) is 1. The summed E-state index contributed by atoms with van der Waals surface area (Å²) < 4.78 is 20.1. The van der Waals surface area contributed by atoms with Gasteiger partial charge in [-0.1, -0.05) is 15.9 Å². The zero-order chi connectivity index (χ0) is 11.9. The van der Waals surface area contributed by atoms with Crippen molar-refractivity contribution >= 4 is 21.6 Å². The average molecular weight is 288 g/mol. The van der Waals surface area contributed by atoms with Crippen LogP contribution in [0.15, 0.2) is 16.6 Å². The van der Waals surface area contributed by atoms with E-state index >= 15 is 0 Å². The third-order valence-electron chi connectivity index (χ3n) is 2.69. The molecule has 0 amide bonds. The second-order valence-corrected chi connectivity index (χ2v) is 5.33. The molecule has 2 rings (SSSR count). The summed E-state index contributed by atoms with van der Waals surface area (Å²) in [6, 6.07) is 3.68. The Labute approximate surface area is 104 Å². The van der Waals surface area contributed by atoms with E-state index in [1.54, 1.807) is 0 Å². The summed E-state index contributed by atoms with van der Waals surface area (Å²) >= 11 is 3.31. The monoisotopic (exact) mass is 287 g/mol. The van der Waals surface area contributed by atoms with Crippen LogP contribution in [0, 0.1) is 5.82 Å². The lowest BCUT2D eigenvalue weighted by Gasteiger charge is -2.37. The van der Waals surface area contributed by atoms with Gasteiger partial charge in [0.1, 0.15) is 6.10 Å². The smallest absolute Gasteiger partial charge is 0.178 e. The lowest BCUT2D eigenvalue weighted by molar-refractivity contribution is 0.199. The molecule has 0 bridgehead atoms. The highest BCUT2D eigenvalue weighted by atomic mass is 79.9. The summed E-state index contributed by atoms with van der Waals surface area (Å²) in [5.41, 5.74) is 0.833. The number of rotatable bonds is 1. The fourth-order valence-electron chi connectivity index (χ4n) is 1.98. The molecule has 0 N–H and O–H groups in total. The van der Waals surface area contributed by atoms with Gasteiger partial charge in [0.2, 0.25) is 0 Å². The van der Waals surface area contributed by atoms with Gasteiger partial charge in [-0.25, -0.2) is 4.39 Å². The van der Waals surface area contributed by atoms with Gasteiger partial charge in [-0.3, -0.25) is 0 Å². The zero-order valence-corrected chi connectivity index (χ0v) is 11.2. The first-order valence-electron chi connectivity index (χ1n) is 5.41. The largest absolute Gasteiger partial charge is 0.484 e. The van der Waals surface area contributed by atoms with Crippen LogP contribution in [0.2, 0.25) is 0 Å². The third-order valence-corrected chi connectivity index (χ3v) is 3.15. The van der Waals surface area contributed by atoms with Gasteiger partial charge in [0.25, 0.3) is 0 Å². The highest BCUT2D eigenvalue weighted by molar-refractivity contribution is 9.10. The third kappa shape index (κ3) is 2.03. The summed E-state index contributed by atoms with van der Waals surface area (Å²) in [7, 11) is 0. The van der Waals surface area contributed by atoms with Gasteiger partial charge in [-0.05, 0) is 32.9 Å². The second kappa shape index (κ2) is 4.24. The van der Waals surface area contributed by atoms with E-state index in [0.29, 0.717) is 11.8 Å². The molecule has 0 radical (unpaired) electrons. The van der Waals surface area contributed by atoms with Crippen molar-refractivity contribution in [1.29, 1.82) is 0 Å². The SMILES string of the molecule is CC1CN(C(C)C)c2cc(Br)cc(F)c2O1. The van der Waals surface area contributed by atoms with Gasteiger partial charge in [0.05, 0.1) is 12.2 Å². The van der Waals surface area contributed by atoms with Crippen LogP contribution in [0.25, 0.3) is 0 Å². The molecule has 1 unspecified atom stereocenters. The predicted octanol–water partition coefficient (Wildman–Crippen LogP) is 3.58. The van der Waals surface area contributed by atoms with E-state index in [9.17, 15) is 4.39 Å². The van der Waals surface area contributed by atoms with Crippen LogP contribution in [0.1, 0.15) is 20.8 Å². The standard InChI is InChI=1S/C12H15BrFNO/c1-7(2)15-6-8(3)16-12-10(14)4-9(13)5-11(12)15/h4-5,7-8H,6H2,1-3H3. The van der Waals surface area contributed by atoms with Crippen LogP contribution in [0.5, 0.6) is 5.75 Å². The van der Waals surface area contributed by atoms with Crippen molar-refractivity contribution in [3.8, 4) is 5.75 Å². The van der Waals surface area contributed by atoms with E-state index in [1.807, 2.05) is 13.0 Å². The Hall–Kier alpha value is -0.770. The maximum atomic E-state index is 13.8. The van der Waals surface area contributed by atoms with Crippen molar-refractivity contribution in [3.05, 3.63) is 22.4 Å². The molecule has 4 heteroatoms. The van der Waals surface area contributed by atoms with Gasteiger partial charge in [0.15, 0.2) is 11.6 Å². The molecule has 1 atom stereocenters. The molecule has 1 heterocycles. The Morgan fingerprint density at radius 3 is 2.81 bits per heavy atom. The van der Waals surface area contributed by atoms with Gasteiger partial charge in [0, 0.05) is 10.5 Å². The Bertz CT molecular complexity index is 408. The molecule has 1 aliphatic rings. The summed E-state index contributed by atoms with van der Waals surface area (Å²) in [5.74, 6) is 0.0669.